The minimum absolute atomic E-state index is 0.00620. The van der Waals surface area contributed by atoms with Gasteiger partial charge in [0.15, 0.2) is 0 Å². The fraction of sp³-hybridized carbons (Fsp3) is 0.308. The summed E-state index contributed by atoms with van der Waals surface area (Å²) >= 11 is 5.79. The Balaban J connectivity index is 2.24. The van der Waals surface area contributed by atoms with Crippen molar-refractivity contribution in [3.63, 3.8) is 0 Å². The average molecular weight is 296 g/mol. The zero-order valence-electron chi connectivity index (χ0n) is 11.1. The number of rotatable bonds is 4. The Morgan fingerprint density at radius 1 is 1.40 bits per heavy atom. The van der Waals surface area contributed by atoms with E-state index in [1.54, 1.807) is 38.1 Å². The van der Waals surface area contributed by atoms with E-state index in [1.807, 2.05) is 0 Å². The Morgan fingerprint density at radius 2 is 2.00 bits per heavy atom. The average Bonchev–Trinajstić information content (AvgIpc) is 2.65. The third kappa shape index (κ3) is 2.81. The first kappa shape index (κ1) is 14.5. The molecule has 1 aromatic carbocycles. The quantitative estimate of drug-likeness (QED) is 0.694. The zero-order chi connectivity index (χ0) is 14.9. The highest BCUT2D eigenvalue weighted by molar-refractivity contribution is 6.30. The van der Waals surface area contributed by atoms with Gasteiger partial charge in [0.25, 0.3) is 0 Å². The van der Waals surface area contributed by atoms with E-state index in [0.717, 1.165) is 0 Å². The lowest BCUT2D eigenvalue weighted by molar-refractivity contribution is -0.386. The predicted molar refractivity (Wildman–Crippen MR) is 74.8 cm³/mol. The number of benzene rings is 1. The van der Waals surface area contributed by atoms with Crippen molar-refractivity contribution in [2.24, 2.45) is 0 Å². The molecule has 7 heteroatoms. The van der Waals surface area contributed by atoms with Crippen LogP contribution in [0.2, 0.25) is 5.02 Å². The smallest absolute Gasteiger partial charge is 0.312 e. The topological polar surface area (TPSA) is 81.2 Å². The van der Waals surface area contributed by atoms with Crippen LogP contribution in [-0.4, -0.2) is 19.8 Å². The Kier molecular flexibility index (Phi) is 4.06. The van der Waals surface area contributed by atoms with Crippen molar-refractivity contribution in [3.05, 3.63) is 56.4 Å². The molecule has 6 nitrogen and oxygen atoms in total. The third-order valence-corrected chi connectivity index (χ3v) is 3.38. The zero-order valence-corrected chi connectivity index (χ0v) is 11.8. The number of aliphatic hydroxyl groups excluding tert-OH is 1. The number of hydrogen-bond acceptors (Lipinski definition) is 4. The van der Waals surface area contributed by atoms with E-state index in [-0.39, 0.29) is 12.2 Å². The number of aryl methyl sites for hydroxylation is 1. The molecule has 2 aromatic rings. The molecule has 0 aliphatic carbocycles. The van der Waals surface area contributed by atoms with Gasteiger partial charge in [-0.2, -0.15) is 5.10 Å². The minimum Gasteiger partial charge on any atom is -0.386 e. The van der Waals surface area contributed by atoms with Gasteiger partial charge in [-0.15, -0.1) is 0 Å². The SMILES string of the molecule is Cc1nn(CC(O)c2ccc(Cl)cc2)c(C)c1[N+](=O)[O-]. The molecular formula is C13H14ClN3O3. The standard InChI is InChI=1S/C13H14ClN3O3/c1-8-13(17(19)20)9(2)16(15-8)7-12(18)10-3-5-11(14)6-4-10/h3-6,12,18H,7H2,1-2H3. The first-order valence-corrected chi connectivity index (χ1v) is 6.40. The fourth-order valence-corrected chi connectivity index (χ4v) is 2.21. The van der Waals surface area contributed by atoms with Crippen molar-refractivity contribution in [2.45, 2.75) is 26.5 Å². The molecule has 106 valence electrons. The van der Waals surface area contributed by atoms with Gasteiger partial charge >= 0.3 is 5.69 Å². The van der Waals surface area contributed by atoms with Crippen LogP contribution in [0.3, 0.4) is 0 Å². The second-order valence-electron chi connectivity index (χ2n) is 4.53. The normalized spacial score (nSPS) is 12.4. The summed E-state index contributed by atoms with van der Waals surface area (Å²) in [5, 5.41) is 25.8. The maximum Gasteiger partial charge on any atom is 0.312 e. The maximum atomic E-state index is 10.9. The van der Waals surface area contributed by atoms with Gasteiger partial charge in [-0.25, -0.2) is 0 Å². The molecular weight excluding hydrogens is 282 g/mol. The molecule has 20 heavy (non-hydrogen) atoms. The second kappa shape index (κ2) is 5.60. The van der Waals surface area contributed by atoms with Crippen molar-refractivity contribution >= 4 is 17.3 Å². The van der Waals surface area contributed by atoms with E-state index in [4.69, 9.17) is 11.6 Å². The van der Waals surface area contributed by atoms with Crippen LogP contribution in [0.1, 0.15) is 23.1 Å². The van der Waals surface area contributed by atoms with Crippen LogP contribution in [0.25, 0.3) is 0 Å². The van der Waals surface area contributed by atoms with Crippen molar-refractivity contribution in [1.82, 2.24) is 9.78 Å². The molecule has 0 fully saturated rings. The van der Waals surface area contributed by atoms with Crippen LogP contribution in [0.5, 0.6) is 0 Å². The molecule has 0 radical (unpaired) electrons. The van der Waals surface area contributed by atoms with Crippen LogP contribution in [-0.2, 0) is 6.54 Å². The summed E-state index contributed by atoms with van der Waals surface area (Å²) in [5.74, 6) is 0. The first-order chi connectivity index (χ1) is 9.40. The van der Waals surface area contributed by atoms with Crippen LogP contribution < -0.4 is 0 Å². The van der Waals surface area contributed by atoms with Gasteiger partial charge in [-0.3, -0.25) is 14.8 Å². The monoisotopic (exact) mass is 295 g/mol. The summed E-state index contributed by atoms with van der Waals surface area (Å²) in [7, 11) is 0. The summed E-state index contributed by atoms with van der Waals surface area (Å²) in [6.07, 6.45) is -0.801. The lowest BCUT2D eigenvalue weighted by Crippen LogP contribution is -2.11. The molecule has 0 spiro atoms. The maximum absolute atomic E-state index is 10.9. The minimum atomic E-state index is -0.801. The number of nitro groups is 1. The van der Waals surface area contributed by atoms with E-state index in [1.165, 1.54) is 4.68 Å². The van der Waals surface area contributed by atoms with E-state index in [2.05, 4.69) is 5.10 Å². The Bertz CT molecular complexity index is 637. The Morgan fingerprint density at radius 3 is 2.50 bits per heavy atom. The lowest BCUT2D eigenvalue weighted by atomic mass is 10.1. The highest BCUT2D eigenvalue weighted by Crippen LogP contribution is 2.24. The van der Waals surface area contributed by atoms with Crippen molar-refractivity contribution < 1.29 is 10.0 Å². The summed E-state index contributed by atoms with van der Waals surface area (Å²) < 4.78 is 1.45. The van der Waals surface area contributed by atoms with Gasteiger partial charge in [-0.1, -0.05) is 23.7 Å². The van der Waals surface area contributed by atoms with Crippen molar-refractivity contribution in [1.29, 1.82) is 0 Å². The summed E-state index contributed by atoms with van der Waals surface area (Å²) in [6, 6.07) is 6.80. The number of aromatic nitrogens is 2. The molecule has 1 heterocycles. The number of hydrogen-bond donors (Lipinski definition) is 1. The van der Waals surface area contributed by atoms with E-state index < -0.39 is 11.0 Å². The molecule has 0 aliphatic rings. The fourth-order valence-electron chi connectivity index (χ4n) is 2.08. The first-order valence-electron chi connectivity index (χ1n) is 6.02. The third-order valence-electron chi connectivity index (χ3n) is 3.13. The number of halogens is 1. The summed E-state index contributed by atoms with van der Waals surface area (Å²) in [6.45, 7) is 3.35. The second-order valence-corrected chi connectivity index (χ2v) is 4.96. The van der Waals surface area contributed by atoms with E-state index in [0.29, 0.717) is 22.0 Å². The Hall–Kier alpha value is -1.92. The van der Waals surface area contributed by atoms with Crippen LogP contribution >= 0.6 is 11.6 Å². The van der Waals surface area contributed by atoms with Crippen LogP contribution in [0.15, 0.2) is 24.3 Å². The van der Waals surface area contributed by atoms with Gasteiger partial charge in [0, 0.05) is 5.02 Å². The van der Waals surface area contributed by atoms with Gasteiger partial charge in [0.1, 0.15) is 11.4 Å². The van der Waals surface area contributed by atoms with Gasteiger partial charge < -0.3 is 5.11 Å². The lowest BCUT2D eigenvalue weighted by Gasteiger charge is -2.12. The molecule has 1 N–H and O–H groups in total. The highest BCUT2D eigenvalue weighted by atomic mass is 35.5. The molecule has 1 aromatic heterocycles. The molecule has 0 saturated carbocycles. The molecule has 1 unspecified atom stereocenters. The van der Waals surface area contributed by atoms with Crippen molar-refractivity contribution in [3.8, 4) is 0 Å². The molecule has 0 bridgehead atoms. The predicted octanol–water partition coefficient (Wildman–Crippen LogP) is 2.80. The highest BCUT2D eigenvalue weighted by Gasteiger charge is 2.23. The largest absolute Gasteiger partial charge is 0.386 e. The molecule has 1 atom stereocenters. The molecule has 0 amide bonds. The van der Waals surface area contributed by atoms with E-state index >= 15 is 0 Å². The molecule has 0 aliphatic heterocycles. The van der Waals surface area contributed by atoms with E-state index in [9.17, 15) is 15.2 Å². The molecule has 0 saturated heterocycles. The summed E-state index contributed by atoms with van der Waals surface area (Å²) in [5.41, 5.74) is 1.45. The van der Waals surface area contributed by atoms with Gasteiger partial charge in [-0.05, 0) is 31.5 Å². The summed E-state index contributed by atoms with van der Waals surface area (Å²) in [4.78, 5) is 10.5. The van der Waals surface area contributed by atoms with Gasteiger partial charge in [0.05, 0.1) is 17.6 Å². The number of aliphatic hydroxyl groups is 1. The Labute approximate surface area is 120 Å². The van der Waals surface area contributed by atoms with Crippen LogP contribution in [0, 0.1) is 24.0 Å². The molecule has 2 rings (SSSR count). The number of nitrogens with zero attached hydrogens (tertiary/aromatic N) is 3. The van der Waals surface area contributed by atoms with Crippen molar-refractivity contribution in [2.75, 3.05) is 0 Å². The van der Waals surface area contributed by atoms with Gasteiger partial charge in [0.2, 0.25) is 0 Å². The van der Waals surface area contributed by atoms with Crippen LogP contribution in [0.4, 0.5) is 5.69 Å².